The maximum atomic E-state index is 10.5. The van der Waals surface area contributed by atoms with E-state index < -0.39 is 12.1 Å². The number of carboxylic acid groups (broad SMARTS) is 1. The molecule has 94 valence electrons. The first-order valence-corrected chi connectivity index (χ1v) is 5.98. The number of aliphatic carboxylic acids is 1. The van der Waals surface area contributed by atoms with Crippen LogP contribution in [0.15, 0.2) is 0 Å². The second kappa shape index (κ2) is 6.83. The van der Waals surface area contributed by atoms with E-state index in [-0.39, 0.29) is 6.42 Å². The molecule has 1 unspecified atom stereocenters. The van der Waals surface area contributed by atoms with Crippen molar-refractivity contribution in [1.82, 2.24) is 10.2 Å². The summed E-state index contributed by atoms with van der Waals surface area (Å²) in [4.78, 5) is 12.7. The third-order valence-corrected chi connectivity index (χ3v) is 3.09. The van der Waals surface area contributed by atoms with Gasteiger partial charge in [0.15, 0.2) is 0 Å². The molecule has 0 bridgehead atoms. The van der Waals surface area contributed by atoms with Gasteiger partial charge in [-0.3, -0.25) is 9.69 Å². The van der Waals surface area contributed by atoms with Crippen molar-refractivity contribution in [1.29, 1.82) is 0 Å². The Balaban J connectivity index is 2.37. The third-order valence-electron chi connectivity index (χ3n) is 3.09. The van der Waals surface area contributed by atoms with Gasteiger partial charge < -0.3 is 15.5 Å². The molecule has 3 N–H and O–H groups in total. The van der Waals surface area contributed by atoms with Gasteiger partial charge in [-0.1, -0.05) is 6.92 Å². The standard InChI is InChI=1S/C11H22N2O3/c1-2-13(8-10(14)7-11(15)16)9-3-5-12-6-4-9/h9-10,12,14H,2-8H2,1H3,(H,15,16). The van der Waals surface area contributed by atoms with E-state index in [1.165, 1.54) is 0 Å². The summed E-state index contributed by atoms with van der Waals surface area (Å²) in [6.07, 6.45) is 1.23. The first-order chi connectivity index (χ1) is 7.63. The van der Waals surface area contributed by atoms with Crippen LogP contribution in [0.5, 0.6) is 0 Å². The Hall–Kier alpha value is -0.650. The maximum absolute atomic E-state index is 10.5. The van der Waals surface area contributed by atoms with E-state index >= 15 is 0 Å². The molecule has 0 aromatic heterocycles. The van der Waals surface area contributed by atoms with E-state index in [0.29, 0.717) is 12.6 Å². The van der Waals surface area contributed by atoms with Gasteiger partial charge in [-0.05, 0) is 32.5 Å². The molecule has 0 saturated carbocycles. The van der Waals surface area contributed by atoms with Crippen LogP contribution in [-0.4, -0.2) is 59.4 Å². The van der Waals surface area contributed by atoms with E-state index in [1.54, 1.807) is 0 Å². The molecular formula is C11H22N2O3. The van der Waals surface area contributed by atoms with E-state index in [0.717, 1.165) is 32.5 Å². The predicted octanol–water partition coefficient (Wildman–Crippen LogP) is -0.104. The van der Waals surface area contributed by atoms with Crippen LogP contribution in [0.1, 0.15) is 26.2 Å². The van der Waals surface area contributed by atoms with Crippen molar-refractivity contribution in [3.63, 3.8) is 0 Å². The van der Waals surface area contributed by atoms with Crippen LogP contribution >= 0.6 is 0 Å². The summed E-state index contributed by atoms with van der Waals surface area (Å²) in [6.45, 7) is 5.40. The van der Waals surface area contributed by atoms with E-state index in [2.05, 4.69) is 17.1 Å². The van der Waals surface area contributed by atoms with Crippen LogP contribution in [0.2, 0.25) is 0 Å². The van der Waals surface area contributed by atoms with E-state index in [4.69, 9.17) is 5.11 Å². The Morgan fingerprint density at radius 2 is 2.12 bits per heavy atom. The lowest BCUT2D eigenvalue weighted by Gasteiger charge is -2.34. The van der Waals surface area contributed by atoms with Gasteiger partial charge in [0.25, 0.3) is 0 Å². The number of rotatable bonds is 6. The normalized spacial score (nSPS) is 19.9. The van der Waals surface area contributed by atoms with E-state index in [9.17, 15) is 9.90 Å². The Morgan fingerprint density at radius 3 is 2.62 bits per heavy atom. The number of hydrogen-bond donors (Lipinski definition) is 3. The van der Waals surface area contributed by atoms with Crippen molar-refractivity contribution in [2.45, 2.75) is 38.3 Å². The summed E-state index contributed by atoms with van der Waals surface area (Å²) in [5.74, 6) is -0.936. The van der Waals surface area contributed by atoms with Gasteiger partial charge in [-0.2, -0.15) is 0 Å². The molecule has 1 aliphatic heterocycles. The van der Waals surface area contributed by atoms with Gasteiger partial charge in [-0.25, -0.2) is 0 Å². The summed E-state index contributed by atoms with van der Waals surface area (Å²) < 4.78 is 0. The number of hydrogen-bond acceptors (Lipinski definition) is 4. The quantitative estimate of drug-likeness (QED) is 0.594. The molecule has 1 heterocycles. The average Bonchev–Trinajstić information content (AvgIpc) is 2.26. The molecule has 0 spiro atoms. The minimum atomic E-state index is -0.936. The Bertz CT molecular complexity index is 217. The molecular weight excluding hydrogens is 208 g/mol. The minimum absolute atomic E-state index is 0.165. The number of piperidine rings is 1. The molecule has 1 atom stereocenters. The Morgan fingerprint density at radius 1 is 1.50 bits per heavy atom. The zero-order valence-corrected chi connectivity index (χ0v) is 9.85. The Kier molecular flexibility index (Phi) is 5.73. The summed E-state index contributed by atoms with van der Waals surface area (Å²) in [6, 6.07) is 0.481. The van der Waals surface area contributed by atoms with Crippen molar-refractivity contribution in [3.05, 3.63) is 0 Å². The van der Waals surface area contributed by atoms with Crippen molar-refractivity contribution < 1.29 is 15.0 Å². The maximum Gasteiger partial charge on any atom is 0.306 e. The molecule has 1 rings (SSSR count). The summed E-state index contributed by atoms with van der Waals surface area (Å²) in [5, 5.41) is 21.5. The highest BCUT2D eigenvalue weighted by Crippen LogP contribution is 2.12. The van der Waals surface area contributed by atoms with Crippen molar-refractivity contribution in [2.24, 2.45) is 0 Å². The first-order valence-electron chi connectivity index (χ1n) is 5.98. The van der Waals surface area contributed by atoms with Crippen molar-refractivity contribution >= 4 is 5.97 Å². The van der Waals surface area contributed by atoms with Crippen LogP contribution in [-0.2, 0) is 4.79 Å². The number of carbonyl (C=O) groups is 1. The molecule has 0 aromatic rings. The molecule has 16 heavy (non-hydrogen) atoms. The van der Waals surface area contributed by atoms with Crippen LogP contribution in [0.4, 0.5) is 0 Å². The molecule has 0 aliphatic carbocycles. The fourth-order valence-corrected chi connectivity index (χ4v) is 2.25. The molecule has 0 aromatic carbocycles. The smallest absolute Gasteiger partial charge is 0.306 e. The first kappa shape index (κ1) is 13.4. The molecule has 5 nitrogen and oxygen atoms in total. The Labute approximate surface area is 96.4 Å². The number of nitrogens with one attached hydrogen (secondary N) is 1. The van der Waals surface area contributed by atoms with Crippen LogP contribution < -0.4 is 5.32 Å². The SMILES string of the molecule is CCN(CC(O)CC(=O)O)C1CCNCC1. The lowest BCUT2D eigenvalue weighted by Crippen LogP contribution is -2.46. The fraction of sp³-hybridized carbons (Fsp3) is 0.909. The molecule has 1 fully saturated rings. The lowest BCUT2D eigenvalue weighted by molar-refractivity contribution is -0.139. The summed E-state index contributed by atoms with van der Waals surface area (Å²) in [5.41, 5.74) is 0. The second-order valence-electron chi connectivity index (χ2n) is 4.32. The van der Waals surface area contributed by atoms with E-state index in [1.807, 2.05) is 0 Å². The highest BCUT2D eigenvalue weighted by atomic mass is 16.4. The van der Waals surface area contributed by atoms with Gasteiger partial charge in [-0.15, -0.1) is 0 Å². The monoisotopic (exact) mass is 230 g/mol. The lowest BCUT2D eigenvalue weighted by atomic mass is 10.0. The van der Waals surface area contributed by atoms with Gasteiger partial charge in [0.2, 0.25) is 0 Å². The number of likely N-dealkylation sites (N-methyl/N-ethyl adjacent to an activating group) is 1. The largest absolute Gasteiger partial charge is 0.481 e. The van der Waals surface area contributed by atoms with Crippen LogP contribution in [0.25, 0.3) is 0 Å². The number of aliphatic hydroxyl groups excluding tert-OH is 1. The van der Waals surface area contributed by atoms with Gasteiger partial charge in [0, 0.05) is 12.6 Å². The topological polar surface area (TPSA) is 72.8 Å². The third kappa shape index (κ3) is 4.47. The molecule has 0 amide bonds. The predicted molar refractivity (Wildman–Crippen MR) is 61.4 cm³/mol. The van der Waals surface area contributed by atoms with Gasteiger partial charge in [0.1, 0.15) is 0 Å². The van der Waals surface area contributed by atoms with Gasteiger partial charge in [0.05, 0.1) is 12.5 Å². The highest BCUT2D eigenvalue weighted by Gasteiger charge is 2.22. The zero-order chi connectivity index (χ0) is 12.0. The van der Waals surface area contributed by atoms with Crippen molar-refractivity contribution in [2.75, 3.05) is 26.2 Å². The molecule has 1 saturated heterocycles. The van der Waals surface area contributed by atoms with Gasteiger partial charge >= 0.3 is 5.97 Å². The molecule has 1 aliphatic rings. The zero-order valence-electron chi connectivity index (χ0n) is 9.85. The number of aliphatic hydroxyl groups is 1. The average molecular weight is 230 g/mol. The van der Waals surface area contributed by atoms with Crippen LogP contribution in [0, 0.1) is 0 Å². The molecule has 0 radical (unpaired) electrons. The summed E-state index contributed by atoms with van der Waals surface area (Å²) in [7, 11) is 0. The summed E-state index contributed by atoms with van der Waals surface area (Å²) >= 11 is 0. The fourth-order valence-electron chi connectivity index (χ4n) is 2.25. The number of nitrogens with zero attached hydrogens (tertiary/aromatic N) is 1. The number of carboxylic acids is 1. The molecule has 5 heteroatoms. The highest BCUT2D eigenvalue weighted by molar-refractivity contribution is 5.67. The van der Waals surface area contributed by atoms with Crippen molar-refractivity contribution in [3.8, 4) is 0 Å². The second-order valence-corrected chi connectivity index (χ2v) is 4.32. The minimum Gasteiger partial charge on any atom is -0.481 e. The van der Waals surface area contributed by atoms with Crippen LogP contribution in [0.3, 0.4) is 0 Å².